The Bertz CT molecular complexity index is 1590. The molecule has 194 valence electrons. The van der Waals surface area contributed by atoms with Gasteiger partial charge in [0.15, 0.2) is 17.1 Å². The maximum atomic E-state index is 14.0. The first kappa shape index (κ1) is 24.8. The first-order valence-corrected chi connectivity index (χ1v) is 11.9. The van der Waals surface area contributed by atoms with Crippen molar-refractivity contribution in [2.75, 3.05) is 38.9 Å². The van der Waals surface area contributed by atoms with Crippen LogP contribution in [0.4, 0.5) is 16.2 Å². The molecule has 0 amide bonds. The van der Waals surface area contributed by atoms with E-state index in [-0.39, 0.29) is 0 Å². The number of anilines is 2. The van der Waals surface area contributed by atoms with Crippen molar-refractivity contribution in [3.63, 3.8) is 0 Å². The van der Waals surface area contributed by atoms with E-state index in [2.05, 4.69) is 15.4 Å². The first-order chi connectivity index (χ1) is 18.5. The number of benzene rings is 3. The van der Waals surface area contributed by atoms with Gasteiger partial charge in [-0.2, -0.15) is 4.98 Å². The maximum Gasteiger partial charge on any atom is 0.225 e. The van der Waals surface area contributed by atoms with Crippen LogP contribution < -0.4 is 25.3 Å². The molecule has 10 heteroatoms. The molecule has 0 atom stereocenters. The SMILES string of the molecule is COc1ccc(CCNc2nc(-c3ccc(OC)c(OC)c3)c3c(N)n(-c4cccc(F)c4)nc3n2)cc1. The van der Waals surface area contributed by atoms with E-state index >= 15 is 0 Å². The van der Waals surface area contributed by atoms with Crippen LogP contribution in [0.3, 0.4) is 0 Å². The largest absolute Gasteiger partial charge is 0.497 e. The lowest BCUT2D eigenvalue weighted by Crippen LogP contribution is -2.09. The third-order valence-electron chi connectivity index (χ3n) is 6.13. The van der Waals surface area contributed by atoms with Gasteiger partial charge in [-0.1, -0.05) is 18.2 Å². The number of aromatic nitrogens is 4. The van der Waals surface area contributed by atoms with Crippen LogP contribution in [0.25, 0.3) is 28.0 Å². The van der Waals surface area contributed by atoms with E-state index in [1.54, 1.807) is 39.5 Å². The molecule has 3 N–H and O–H groups in total. The fourth-order valence-electron chi connectivity index (χ4n) is 4.20. The Kier molecular flexibility index (Phi) is 6.94. The van der Waals surface area contributed by atoms with Crippen molar-refractivity contribution in [2.45, 2.75) is 6.42 Å². The molecule has 0 aliphatic rings. The molecular formula is C28H27FN6O3. The fraction of sp³-hybridized carbons (Fsp3) is 0.179. The van der Waals surface area contributed by atoms with Crippen LogP contribution in [0.15, 0.2) is 66.7 Å². The molecule has 0 unspecified atom stereocenters. The van der Waals surface area contributed by atoms with Gasteiger partial charge in [0.25, 0.3) is 0 Å². The number of hydrogen-bond donors (Lipinski definition) is 2. The maximum absolute atomic E-state index is 14.0. The second-order valence-corrected chi connectivity index (χ2v) is 8.47. The number of nitrogens with two attached hydrogens (primary N) is 1. The van der Waals surface area contributed by atoms with E-state index in [4.69, 9.17) is 24.9 Å². The van der Waals surface area contributed by atoms with E-state index in [1.807, 2.05) is 36.4 Å². The Hall–Kier alpha value is -4.86. The zero-order valence-electron chi connectivity index (χ0n) is 21.2. The molecule has 0 saturated carbocycles. The summed E-state index contributed by atoms with van der Waals surface area (Å²) in [6.45, 7) is 0.587. The summed E-state index contributed by atoms with van der Waals surface area (Å²) >= 11 is 0. The van der Waals surface area contributed by atoms with Gasteiger partial charge in [0.05, 0.1) is 38.1 Å². The summed E-state index contributed by atoms with van der Waals surface area (Å²) < 4.78 is 31.6. The molecule has 0 fully saturated rings. The molecule has 0 bridgehead atoms. The van der Waals surface area contributed by atoms with E-state index in [0.29, 0.717) is 52.2 Å². The lowest BCUT2D eigenvalue weighted by Gasteiger charge is -2.12. The lowest BCUT2D eigenvalue weighted by atomic mass is 10.1. The fourth-order valence-corrected chi connectivity index (χ4v) is 4.20. The molecule has 9 nitrogen and oxygen atoms in total. The number of hydrogen-bond acceptors (Lipinski definition) is 8. The Balaban J connectivity index is 1.56. The summed E-state index contributed by atoms with van der Waals surface area (Å²) in [5, 5.41) is 8.43. The predicted molar refractivity (Wildman–Crippen MR) is 145 cm³/mol. The van der Waals surface area contributed by atoms with Crippen molar-refractivity contribution in [1.82, 2.24) is 19.7 Å². The third kappa shape index (κ3) is 4.88. The van der Waals surface area contributed by atoms with Gasteiger partial charge < -0.3 is 25.3 Å². The quantitative estimate of drug-likeness (QED) is 0.286. The average Bonchev–Trinajstić information content (AvgIpc) is 3.28. The smallest absolute Gasteiger partial charge is 0.225 e. The molecule has 0 aliphatic carbocycles. The number of ether oxygens (including phenoxy) is 3. The number of nitrogens with zero attached hydrogens (tertiary/aromatic N) is 4. The van der Waals surface area contributed by atoms with Crippen molar-refractivity contribution < 1.29 is 18.6 Å². The monoisotopic (exact) mass is 514 g/mol. The molecule has 0 saturated heterocycles. The van der Waals surface area contributed by atoms with Gasteiger partial charge >= 0.3 is 0 Å². The number of methoxy groups -OCH3 is 3. The van der Waals surface area contributed by atoms with Gasteiger partial charge in [0.2, 0.25) is 5.95 Å². The summed E-state index contributed by atoms with van der Waals surface area (Å²) in [5.41, 5.74) is 9.83. The molecule has 0 spiro atoms. The van der Waals surface area contributed by atoms with Gasteiger partial charge in [-0.15, -0.1) is 5.10 Å². The number of fused-ring (bicyclic) bond motifs is 1. The van der Waals surface area contributed by atoms with Crippen LogP contribution in [0.1, 0.15) is 5.56 Å². The van der Waals surface area contributed by atoms with Crippen LogP contribution in [-0.2, 0) is 6.42 Å². The highest BCUT2D eigenvalue weighted by Gasteiger charge is 2.20. The molecule has 5 aromatic rings. The van der Waals surface area contributed by atoms with Crippen LogP contribution >= 0.6 is 0 Å². The van der Waals surface area contributed by atoms with Crippen molar-refractivity contribution in [3.05, 3.63) is 78.1 Å². The Morgan fingerprint density at radius 3 is 2.39 bits per heavy atom. The highest BCUT2D eigenvalue weighted by Crippen LogP contribution is 2.37. The predicted octanol–water partition coefficient (Wildman–Crippen LogP) is 4.88. The summed E-state index contributed by atoms with van der Waals surface area (Å²) in [4.78, 5) is 9.42. The molecule has 0 aliphatic heterocycles. The van der Waals surface area contributed by atoms with Crippen LogP contribution in [0.2, 0.25) is 0 Å². The molecule has 3 aromatic carbocycles. The van der Waals surface area contributed by atoms with E-state index in [0.717, 1.165) is 23.3 Å². The van der Waals surface area contributed by atoms with Crippen LogP contribution in [-0.4, -0.2) is 47.6 Å². The average molecular weight is 515 g/mol. The van der Waals surface area contributed by atoms with Crippen LogP contribution in [0, 0.1) is 5.82 Å². The normalized spacial score (nSPS) is 10.9. The molecule has 2 aromatic heterocycles. The number of rotatable bonds is 9. The Morgan fingerprint density at radius 1 is 0.895 bits per heavy atom. The minimum atomic E-state index is -0.395. The second-order valence-electron chi connectivity index (χ2n) is 8.47. The minimum Gasteiger partial charge on any atom is -0.497 e. The van der Waals surface area contributed by atoms with Crippen molar-refractivity contribution in [1.29, 1.82) is 0 Å². The van der Waals surface area contributed by atoms with Gasteiger partial charge in [0.1, 0.15) is 17.4 Å². The number of nitrogens with one attached hydrogen (secondary N) is 1. The standard InChI is InChI=1S/C28H27FN6O3/c1-36-21-10-7-17(8-11-21)13-14-31-28-32-25(18-9-12-22(37-2)23(15-18)38-3)24-26(30)35(34-27(24)33-28)20-6-4-5-19(29)16-20/h4-12,15-16H,13-14,30H2,1-3H3,(H,31,33,34). The van der Waals surface area contributed by atoms with E-state index in [9.17, 15) is 4.39 Å². The zero-order chi connectivity index (χ0) is 26.6. The van der Waals surface area contributed by atoms with E-state index in [1.165, 1.54) is 16.8 Å². The summed E-state index contributed by atoms with van der Waals surface area (Å²) in [7, 11) is 4.79. The Labute approximate surface area is 219 Å². The number of nitrogen functional groups attached to an aromatic ring is 1. The first-order valence-electron chi connectivity index (χ1n) is 11.9. The van der Waals surface area contributed by atoms with Crippen molar-refractivity contribution >= 4 is 22.8 Å². The lowest BCUT2D eigenvalue weighted by molar-refractivity contribution is 0.355. The molecule has 38 heavy (non-hydrogen) atoms. The molecule has 5 rings (SSSR count). The van der Waals surface area contributed by atoms with Gasteiger partial charge in [-0.05, 0) is 60.5 Å². The van der Waals surface area contributed by atoms with Gasteiger partial charge in [-0.25, -0.2) is 14.1 Å². The van der Waals surface area contributed by atoms with Gasteiger partial charge in [0, 0.05) is 12.1 Å². The van der Waals surface area contributed by atoms with Crippen molar-refractivity contribution in [3.8, 4) is 34.2 Å². The highest BCUT2D eigenvalue weighted by molar-refractivity contribution is 5.99. The molecule has 2 heterocycles. The summed E-state index contributed by atoms with van der Waals surface area (Å²) in [6, 6.07) is 19.4. The zero-order valence-corrected chi connectivity index (χ0v) is 21.2. The van der Waals surface area contributed by atoms with Crippen molar-refractivity contribution in [2.24, 2.45) is 0 Å². The highest BCUT2D eigenvalue weighted by atomic mass is 19.1. The Morgan fingerprint density at radius 2 is 1.68 bits per heavy atom. The second kappa shape index (κ2) is 10.6. The minimum absolute atomic E-state index is 0.292. The topological polar surface area (TPSA) is 109 Å². The van der Waals surface area contributed by atoms with E-state index < -0.39 is 5.82 Å². The molecule has 0 radical (unpaired) electrons. The van der Waals surface area contributed by atoms with Gasteiger partial charge in [-0.3, -0.25) is 0 Å². The number of halogens is 1. The third-order valence-corrected chi connectivity index (χ3v) is 6.13. The summed E-state index contributed by atoms with van der Waals surface area (Å²) in [5.74, 6) is 2.22. The molecular weight excluding hydrogens is 487 g/mol. The van der Waals surface area contributed by atoms with Crippen LogP contribution in [0.5, 0.6) is 17.2 Å². The summed E-state index contributed by atoms with van der Waals surface area (Å²) in [6.07, 6.45) is 0.747.